The number of rotatable bonds is 5. The van der Waals surface area contributed by atoms with Gasteiger partial charge in [-0.25, -0.2) is 4.98 Å². The molecule has 0 aliphatic heterocycles. The zero-order valence-electron chi connectivity index (χ0n) is 14.5. The molecule has 1 atom stereocenters. The maximum Gasteiger partial charge on any atom is 0.416 e. The summed E-state index contributed by atoms with van der Waals surface area (Å²) in [6, 6.07) is 6.77. The van der Waals surface area contributed by atoms with Crippen molar-refractivity contribution in [3.63, 3.8) is 0 Å². The van der Waals surface area contributed by atoms with E-state index in [1.54, 1.807) is 0 Å². The largest absolute Gasteiger partial charge is 0.416 e. The van der Waals surface area contributed by atoms with Gasteiger partial charge in [-0.2, -0.15) is 13.2 Å². The topological polar surface area (TPSA) is 71.1 Å². The van der Waals surface area contributed by atoms with E-state index < -0.39 is 23.6 Å². The van der Waals surface area contributed by atoms with Crippen LogP contribution in [0, 0.1) is 0 Å². The Morgan fingerprint density at radius 1 is 1.15 bits per heavy atom. The van der Waals surface area contributed by atoms with Crippen LogP contribution in [0.5, 0.6) is 0 Å². The monoisotopic (exact) mass is 399 g/mol. The summed E-state index contributed by atoms with van der Waals surface area (Å²) in [5.74, 6) is -1.23. The van der Waals surface area contributed by atoms with Crippen LogP contribution in [0.25, 0.3) is 0 Å². The summed E-state index contributed by atoms with van der Waals surface area (Å²) < 4.78 is 38.5. The van der Waals surface area contributed by atoms with E-state index in [1.165, 1.54) is 18.2 Å². The number of aromatic nitrogens is 1. The minimum atomic E-state index is -4.57. The highest BCUT2D eigenvalue weighted by Crippen LogP contribution is 2.33. The number of hydrogen-bond donors (Lipinski definition) is 2. The average Bonchev–Trinajstić information content (AvgIpc) is 2.62. The van der Waals surface area contributed by atoms with Gasteiger partial charge in [0, 0.05) is 6.04 Å². The fraction of sp³-hybridized carbons (Fsp3) is 0.278. The maximum atomic E-state index is 12.8. The number of hydrogen-bond acceptors (Lipinski definition) is 3. The molecule has 0 saturated heterocycles. The molecule has 1 unspecified atom stereocenters. The molecule has 1 aromatic heterocycles. The van der Waals surface area contributed by atoms with Gasteiger partial charge in [-0.15, -0.1) is 0 Å². The number of amides is 2. The van der Waals surface area contributed by atoms with Crippen LogP contribution in [0.3, 0.4) is 0 Å². The van der Waals surface area contributed by atoms with Crippen molar-refractivity contribution in [2.75, 3.05) is 5.32 Å². The molecule has 0 bridgehead atoms. The molecule has 0 saturated carbocycles. The number of halogens is 4. The highest BCUT2D eigenvalue weighted by molar-refractivity contribution is 6.33. The molecule has 0 fully saturated rings. The predicted octanol–water partition coefficient (Wildman–Crippen LogP) is 4.53. The van der Waals surface area contributed by atoms with Gasteiger partial charge >= 0.3 is 6.18 Å². The van der Waals surface area contributed by atoms with Crippen LogP contribution >= 0.6 is 11.6 Å². The van der Waals surface area contributed by atoms with E-state index in [9.17, 15) is 22.8 Å². The number of anilines is 1. The number of pyridine rings is 1. The lowest BCUT2D eigenvalue weighted by Crippen LogP contribution is -2.32. The van der Waals surface area contributed by atoms with E-state index in [0.717, 1.165) is 24.6 Å². The molecular formula is C18H17ClF3N3O2. The van der Waals surface area contributed by atoms with Crippen LogP contribution < -0.4 is 10.6 Å². The first-order chi connectivity index (χ1) is 12.6. The summed E-state index contributed by atoms with van der Waals surface area (Å²) in [5, 5.41) is 4.95. The number of alkyl halides is 3. The van der Waals surface area contributed by atoms with Crippen molar-refractivity contribution in [3.8, 4) is 0 Å². The van der Waals surface area contributed by atoms with E-state index in [-0.39, 0.29) is 28.1 Å². The van der Waals surface area contributed by atoms with Gasteiger partial charge in [0.2, 0.25) is 0 Å². The lowest BCUT2D eigenvalue weighted by Gasteiger charge is -2.12. The summed E-state index contributed by atoms with van der Waals surface area (Å²) in [6.45, 7) is 3.73. The van der Waals surface area contributed by atoms with Crippen LogP contribution in [-0.2, 0) is 6.18 Å². The zero-order chi connectivity index (χ0) is 20.2. The standard InChI is InChI=1S/C18H17ClF3N3O2/c1-3-10(2)23-16(26)13-5-4-6-14(24-13)17(27)25-15-9-11(18(20,21)22)7-8-12(15)19/h4-10H,3H2,1-2H3,(H,23,26)(H,25,27). The number of benzene rings is 1. The second-order valence-electron chi connectivity index (χ2n) is 5.84. The number of carbonyl (C=O) groups is 2. The summed E-state index contributed by atoms with van der Waals surface area (Å²) in [5.41, 5.74) is -1.25. The van der Waals surface area contributed by atoms with Crippen molar-refractivity contribution in [1.29, 1.82) is 0 Å². The number of carbonyl (C=O) groups excluding carboxylic acids is 2. The molecule has 144 valence electrons. The molecule has 2 amide bonds. The Morgan fingerprint density at radius 3 is 2.37 bits per heavy atom. The van der Waals surface area contributed by atoms with Gasteiger partial charge in [0.25, 0.3) is 11.8 Å². The fourth-order valence-electron chi connectivity index (χ4n) is 2.07. The van der Waals surface area contributed by atoms with Crippen molar-refractivity contribution in [2.45, 2.75) is 32.5 Å². The first-order valence-corrected chi connectivity index (χ1v) is 8.45. The van der Waals surface area contributed by atoms with Gasteiger partial charge < -0.3 is 10.6 Å². The average molecular weight is 400 g/mol. The molecule has 0 radical (unpaired) electrons. The van der Waals surface area contributed by atoms with E-state index >= 15 is 0 Å². The van der Waals surface area contributed by atoms with Crippen LogP contribution in [-0.4, -0.2) is 22.8 Å². The Hall–Kier alpha value is -2.61. The Balaban J connectivity index is 2.22. The molecule has 5 nitrogen and oxygen atoms in total. The minimum Gasteiger partial charge on any atom is -0.348 e. The SMILES string of the molecule is CCC(C)NC(=O)c1cccc(C(=O)Nc2cc(C(F)(F)F)ccc2Cl)n1. The summed E-state index contributed by atoms with van der Waals surface area (Å²) in [4.78, 5) is 28.4. The van der Waals surface area contributed by atoms with Gasteiger partial charge in [-0.3, -0.25) is 9.59 Å². The molecule has 2 aromatic rings. The molecule has 0 spiro atoms. The third kappa shape index (κ3) is 5.43. The van der Waals surface area contributed by atoms with Crippen molar-refractivity contribution in [3.05, 3.63) is 58.4 Å². The Labute approximate surface area is 158 Å². The summed E-state index contributed by atoms with van der Waals surface area (Å²) in [7, 11) is 0. The van der Waals surface area contributed by atoms with Gasteiger partial charge in [-0.1, -0.05) is 24.6 Å². The Kier molecular flexibility index (Phi) is 6.43. The van der Waals surface area contributed by atoms with E-state index in [2.05, 4.69) is 15.6 Å². The van der Waals surface area contributed by atoms with Crippen LogP contribution in [0.15, 0.2) is 36.4 Å². The Bertz CT molecular complexity index is 856. The normalized spacial score (nSPS) is 12.4. The molecule has 2 rings (SSSR count). The van der Waals surface area contributed by atoms with E-state index in [0.29, 0.717) is 0 Å². The lowest BCUT2D eigenvalue weighted by molar-refractivity contribution is -0.137. The second-order valence-corrected chi connectivity index (χ2v) is 6.24. The molecule has 9 heteroatoms. The Morgan fingerprint density at radius 2 is 1.78 bits per heavy atom. The quantitative estimate of drug-likeness (QED) is 0.775. The van der Waals surface area contributed by atoms with Crippen molar-refractivity contribution < 1.29 is 22.8 Å². The summed E-state index contributed by atoms with van der Waals surface area (Å²) >= 11 is 5.87. The predicted molar refractivity (Wildman–Crippen MR) is 95.9 cm³/mol. The molecule has 2 N–H and O–H groups in total. The van der Waals surface area contributed by atoms with Crippen molar-refractivity contribution >= 4 is 29.1 Å². The highest BCUT2D eigenvalue weighted by Gasteiger charge is 2.31. The lowest BCUT2D eigenvalue weighted by atomic mass is 10.2. The minimum absolute atomic E-state index is 0.0260. The number of nitrogens with one attached hydrogen (secondary N) is 2. The smallest absolute Gasteiger partial charge is 0.348 e. The highest BCUT2D eigenvalue weighted by atomic mass is 35.5. The van der Waals surface area contributed by atoms with E-state index in [1.807, 2.05) is 13.8 Å². The first-order valence-electron chi connectivity index (χ1n) is 8.07. The third-order valence-electron chi connectivity index (χ3n) is 3.75. The van der Waals surface area contributed by atoms with Gasteiger partial charge in [0.1, 0.15) is 11.4 Å². The van der Waals surface area contributed by atoms with E-state index in [4.69, 9.17) is 11.6 Å². The molecule has 27 heavy (non-hydrogen) atoms. The molecule has 1 aromatic carbocycles. The number of nitrogens with zero attached hydrogens (tertiary/aromatic N) is 1. The zero-order valence-corrected chi connectivity index (χ0v) is 15.3. The van der Waals surface area contributed by atoms with Gasteiger partial charge in [0.05, 0.1) is 16.3 Å². The van der Waals surface area contributed by atoms with Crippen molar-refractivity contribution in [2.24, 2.45) is 0 Å². The molecule has 1 heterocycles. The van der Waals surface area contributed by atoms with Crippen LogP contribution in [0.2, 0.25) is 5.02 Å². The van der Waals surface area contributed by atoms with Crippen LogP contribution in [0.4, 0.5) is 18.9 Å². The van der Waals surface area contributed by atoms with Crippen LogP contribution in [0.1, 0.15) is 46.8 Å². The first kappa shape index (κ1) is 20.7. The third-order valence-corrected chi connectivity index (χ3v) is 4.08. The second kappa shape index (κ2) is 8.39. The molecule has 0 aliphatic carbocycles. The van der Waals surface area contributed by atoms with Gasteiger partial charge in [0.15, 0.2) is 0 Å². The molecule has 0 aliphatic rings. The maximum absolute atomic E-state index is 12.8. The van der Waals surface area contributed by atoms with Crippen molar-refractivity contribution in [1.82, 2.24) is 10.3 Å². The summed E-state index contributed by atoms with van der Waals surface area (Å²) in [6.07, 6.45) is -3.85. The molecular weight excluding hydrogens is 383 g/mol. The van der Waals surface area contributed by atoms with Gasteiger partial charge in [-0.05, 0) is 43.7 Å². The fourth-order valence-corrected chi connectivity index (χ4v) is 2.24.